The maximum Gasteiger partial charge on any atom is 0.259 e. The topological polar surface area (TPSA) is 66.9 Å². The standard InChI is InChI=1S/C11H9FN2O/c1-7(9(6-13)11(14)15)8-4-2-3-5-10(8)12/h2-5H,1H3,(H2,14,15)/b9-7+. The van der Waals surface area contributed by atoms with Crippen LogP contribution < -0.4 is 5.73 Å². The lowest BCUT2D eigenvalue weighted by Crippen LogP contribution is -2.14. The molecule has 76 valence electrons. The summed E-state index contributed by atoms with van der Waals surface area (Å²) in [5.41, 5.74) is 5.24. The fourth-order valence-electron chi connectivity index (χ4n) is 1.22. The van der Waals surface area contributed by atoms with E-state index >= 15 is 0 Å². The van der Waals surface area contributed by atoms with Gasteiger partial charge < -0.3 is 5.73 Å². The van der Waals surface area contributed by atoms with Gasteiger partial charge >= 0.3 is 0 Å². The molecule has 0 aliphatic carbocycles. The summed E-state index contributed by atoms with van der Waals surface area (Å²) in [7, 11) is 0. The molecule has 2 N–H and O–H groups in total. The van der Waals surface area contributed by atoms with Crippen LogP contribution in [0.5, 0.6) is 0 Å². The Morgan fingerprint density at radius 2 is 2.07 bits per heavy atom. The molecule has 1 aromatic rings. The van der Waals surface area contributed by atoms with Gasteiger partial charge in [0.2, 0.25) is 0 Å². The number of halogens is 1. The van der Waals surface area contributed by atoms with E-state index in [1.54, 1.807) is 12.1 Å². The smallest absolute Gasteiger partial charge is 0.259 e. The van der Waals surface area contributed by atoms with E-state index in [9.17, 15) is 9.18 Å². The molecule has 1 rings (SSSR count). The van der Waals surface area contributed by atoms with Gasteiger partial charge in [0, 0.05) is 5.56 Å². The van der Waals surface area contributed by atoms with Crippen LogP contribution in [0.2, 0.25) is 0 Å². The second-order valence-corrected chi connectivity index (χ2v) is 2.96. The molecule has 0 aromatic heterocycles. The van der Waals surface area contributed by atoms with Gasteiger partial charge in [0.05, 0.1) is 0 Å². The third-order valence-corrected chi connectivity index (χ3v) is 2.01. The lowest BCUT2D eigenvalue weighted by atomic mass is 10.0. The largest absolute Gasteiger partial charge is 0.365 e. The summed E-state index contributed by atoms with van der Waals surface area (Å²) >= 11 is 0. The lowest BCUT2D eigenvalue weighted by Gasteiger charge is -2.04. The lowest BCUT2D eigenvalue weighted by molar-refractivity contribution is -0.114. The molecule has 15 heavy (non-hydrogen) atoms. The number of carbonyl (C=O) groups is 1. The molecule has 0 bridgehead atoms. The maximum atomic E-state index is 13.3. The van der Waals surface area contributed by atoms with Crippen molar-refractivity contribution in [1.29, 1.82) is 5.26 Å². The zero-order valence-corrected chi connectivity index (χ0v) is 8.12. The zero-order chi connectivity index (χ0) is 11.4. The zero-order valence-electron chi connectivity index (χ0n) is 8.12. The number of nitriles is 1. The first-order chi connectivity index (χ1) is 7.07. The predicted octanol–water partition coefficient (Wildman–Crippen LogP) is 1.61. The van der Waals surface area contributed by atoms with Crippen LogP contribution in [-0.4, -0.2) is 5.91 Å². The van der Waals surface area contributed by atoms with E-state index in [0.29, 0.717) is 0 Å². The molecule has 1 aromatic carbocycles. The minimum Gasteiger partial charge on any atom is -0.365 e. The number of nitrogens with zero attached hydrogens (tertiary/aromatic N) is 1. The average molecular weight is 204 g/mol. The van der Waals surface area contributed by atoms with Crippen molar-refractivity contribution in [2.45, 2.75) is 6.92 Å². The first kappa shape index (κ1) is 10.9. The number of amides is 1. The van der Waals surface area contributed by atoms with Gasteiger partial charge in [-0.15, -0.1) is 0 Å². The number of hydrogen-bond donors (Lipinski definition) is 1. The minimum absolute atomic E-state index is 0.216. The molecule has 0 heterocycles. The molecule has 3 nitrogen and oxygen atoms in total. The van der Waals surface area contributed by atoms with Crippen molar-refractivity contribution in [1.82, 2.24) is 0 Å². The van der Waals surface area contributed by atoms with Crippen LogP contribution in [0.25, 0.3) is 5.57 Å². The Labute approximate surface area is 86.6 Å². The summed E-state index contributed by atoms with van der Waals surface area (Å²) in [6.45, 7) is 1.49. The van der Waals surface area contributed by atoms with Gasteiger partial charge in [0.15, 0.2) is 0 Å². The highest BCUT2D eigenvalue weighted by Gasteiger charge is 2.12. The number of allylic oxidation sites excluding steroid dienone is 1. The van der Waals surface area contributed by atoms with E-state index < -0.39 is 11.7 Å². The molecule has 0 fully saturated rings. The van der Waals surface area contributed by atoms with Crippen LogP contribution in [0, 0.1) is 17.1 Å². The molecule has 4 heteroatoms. The quantitative estimate of drug-likeness (QED) is 0.587. The summed E-state index contributed by atoms with van der Waals surface area (Å²) in [6.07, 6.45) is 0. The number of benzene rings is 1. The summed E-state index contributed by atoms with van der Waals surface area (Å²) in [4.78, 5) is 10.9. The van der Waals surface area contributed by atoms with E-state index in [1.165, 1.54) is 25.1 Å². The van der Waals surface area contributed by atoms with Crippen molar-refractivity contribution in [3.8, 4) is 6.07 Å². The van der Waals surface area contributed by atoms with Gasteiger partial charge in [-0.1, -0.05) is 18.2 Å². The molecule has 0 saturated carbocycles. The van der Waals surface area contributed by atoms with Gasteiger partial charge in [0.1, 0.15) is 17.5 Å². The Balaban J connectivity index is 3.37. The first-order valence-electron chi connectivity index (χ1n) is 4.23. The monoisotopic (exact) mass is 204 g/mol. The minimum atomic E-state index is -0.849. The molecular formula is C11H9FN2O. The Hall–Kier alpha value is -2.15. The van der Waals surface area contributed by atoms with E-state index in [2.05, 4.69) is 0 Å². The molecule has 0 atom stereocenters. The highest BCUT2D eigenvalue weighted by molar-refractivity contribution is 6.03. The predicted molar refractivity (Wildman–Crippen MR) is 53.8 cm³/mol. The van der Waals surface area contributed by atoms with Crippen LogP contribution >= 0.6 is 0 Å². The Bertz CT molecular complexity index is 472. The van der Waals surface area contributed by atoms with Crippen LogP contribution in [0.15, 0.2) is 29.8 Å². The summed E-state index contributed by atoms with van der Waals surface area (Å²) < 4.78 is 13.3. The average Bonchev–Trinajstić information content (AvgIpc) is 2.18. The first-order valence-corrected chi connectivity index (χ1v) is 4.23. The Kier molecular flexibility index (Phi) is 3.19. The maximum absolute atomic E-state index is 13.3. The molecule has 0 unspecified atom stereocenters. The summed E-state index contributed by atoms with van der Waals surface area (Å²) in [5, 5.41) is 8.69. The van der Waals surface area contributed by atoms with Gasteiger partial charge in [-0.2, -0.15) is 5.26 Å². The number of hydrogen-bond acceptors (Lipinski definition) is 2. The van der Waals surface area contributed by atoms with Gasteiger partial charge in [-0.3, -0.25) is 4.79 Å². The van der Waals surface area contributed by atoms with Crippen molar-refractivity contribution >= 4 is 11.5 Å². The molecule has 1 amide bonds. The molecule has 0 aliphatic rings. The van der Waals surface area contributed by atoms with E-state index in [0.717, 1.165) is 0 Å². The van der Waals surface area contributed by atoms with Gasteiger partial charge in [0.25, 0.3) is 5.91 Å². The number of carbonyl (C=O) groups excluding carboxylic acids is 1. The normalized spacial score (nSPS) is 11.5. The summed E-state index contributed by atoms with van der Waals surface area (Å²) in [6, 6.07) is 7.57. The molecule has 0 spiro atoms. The van der Waals surface area contributed by atoms with E-state index in [1.807, 2.05) is 0 Å². The Morgan fingerprint density at radius 3 is 2.53 bits per heavy atom. The van der Waals surface area contributed by atoms with Crippen LogP contribution in [0.1, 0.15) is 12.5 Å². The van der Waals surface area contributed by atoms with Crippen molar-refractivity contribution < 1.29 is 9.18 Å². The number of primary amides is 1. The van der Waals surface area contributed by atoms with Crippen molar-refractivity contribution in [2.75, 3.05) is 0 Å². The third-order valence-electron chi connectivity index (χ3n) is 2.01. The molecule has 0 saturated heterocycles. The fraction of sp³-hybridized carbons (Fsp3) is 0.0909. The second-order valence-electron chi connectivity index (χ2n) is 2.96. The number of rotatable bonds is 2. The molecule has 0 radical (unpaired) electrons. The van der Waals surface area contributed by atoms with Gasteiger partial charge in [-0.05, 0) is 18.6 Å². The third kappa shape index (κ3) is 2.20. The molecular weight excluding hydrogens is 195 g/mol. The highest BCUT2D eigenvalue weighted by atomic mass is 19.1. The van der Waals surface area contributed by atoms with E-state index in [4.69, 9.17) is 11.0 Å². The van der Waals surface area contributed by atoms with Crippen LogP contribution in [-0.2, 0) is 4.79 Å². The van der Waals surface area contributed by atoms with Crippen LogP contribution in [0.3, 0.4) is 0 Å². The number of nitrogens with two attached hydrogens (primary N) is 1. The van der Waals surface area contributed by atoms with E-state index in [-0.39, 0.29) is 16.7 Å². The van der Waals surface area contributed by atoms with Crippen molar-refractivity contribution in [2.24, 2.45) is 5.73 Å². The van der Waals surface area contributed by atoms with Crippen molar-refractivity contribution in [3.63, 3.8) is 0 Å². The second kappa shape index (κ2) is 4.38. The Morgan fingerprint density at radius 1 is 1.47 bits per heavy atom. The van der Waals surface area contributed by atoms with Crippen molar-refractivity contribution in [3.05, 3.63) is 41.2 Å². The highest BCUT2D eigenvalue weighted by Crippen LogP contribution is 2.20. The molecule has 0 aliphatic heterocycles. The SMILES string of the molecule is C/C(=C(/C#N)C(N)=O)c1ccccc1F. The van der Waals surface area contributed by atoms with Gasteiger partial charge in [-0.25, -0.2) is 4.39 Å². The summed E-state index contributed by atoms with van der Waals surface area (Å²) in [5.74, 6) is -1.33. The van der Waals surface area contributed by atoms with Crippen LogP contribution in [0.4, 0.5) is 4.39 Å². The fourth-order valence-corrected chi connectivity index (χ4v) is 1.22.